The SMILES string of the molecule is O=C1N/C(=C/c2cnc[nH]2)C(=O)N2Cc3[nH]c4ccccc4c3C[C@@H]12. The number of carbonyl (C=O) groups excluding carboxylic acids is 2. The molecule has 25 heavy (non-hydrogen) atoms. The zero-order valence-electron chi connectivity index (χ0n) is 13.2. The number of piperazine rings is 1. The van der Waals surface area contributed by atoms with Crippen molar-refractivity contribution in [2.24, 2.45) is 0 Å². The molecular formula is C18H15N5O2. The minimum absolute atomic E-state index is 0.152. The average Bonchev–Trinajstić information content (AvgIpc) is 3.25. The number of hydrogen-bond donors (Lipinski definition) is 3. The van der Waals surface area contributed by atoms with Crippen molar-refractivity contribution in [2.45, 2.75) is 19.0 Å². The number of imidazole rings is 1. The molecule has 2 aliphatic rings. The molecule has 2 amide bonds. The van der Waals surface area contributed by atoms with Crippen LogP contribution in [0.2, 0.25) is 0 Å². The monoisotopic (exact) mass is 333 g/mol. The first-order valence-corrected chi connectivity index (χ1v) is 8.11. The second-order valence-electron chi connectivity index (χ2n) is 6.33. The van der Waals surface area contributed by atoms with Crippen molar-refractivity contribution < 1.29 is 9.59 Å². The zero-order valence-corrected chi connectivity index (χ0v) is 13.2. The van der Waals surface area contributed by atoms with Crippen molar-refractivity contribution in [3.8, 4) is 0 Å². The van der Waals surface area contributed by atoms with Gasteiger partial charge in [-0.25, -0.2) is 4.98 Å². The molecule has 1 atom stereocenters. The number of amides is 2. The Morgan fingerprint density at radius 2 is 2.12 bits per heavy atom. The Kier molecular flexibility index (Phi) is 2.85. The largest absolute Gasteiger partial charge is 0.357 e. The van der Waals surface area contributed by atoms with E-state index < -0.39 is 6.04 Å². The maximum absolute atomic E-state index is 12.9. The van der Waals surface area contributed by atoms with E-state index in [9.17, 15) is 9.59 Å². The molecule has 124 valence electrons. The van der Waals surface area contributed by atoms with E-state index in [2.05, 4.69) is 20.3 Å². The van der Waals surface area contributed by atoms with Crippen LogP contribution in [0, 0.1) is 0 Å². The van der Waals surface area contributed by atoms with Crippen molar-refractivity contribution in [1.82, 2.24) is 25.2 Å². The lowest BCUT2D eigenvalue weighted by Crippen LogP contribution is -2.58. The fourth-order valence-electron chi connectivity index (χ4n) is 3.68. The van der Waals surface area contributed by atoms with Crippen LogP contribution in [0.25, 0.3) is 17.0 Å². The van der Waals surface area contributed by atoms with Gasteiger partial charge in [-0.2, -0.15) is 0 Å². The highest BCUT2D eigenvalue weighted by molar-refractivity contribution is 6.07. The third-order valence-corrected chi connectivity index (χ3v) is 4.88. The van der Waals surface area contributed by atoms with E-state index in [1.807, 2.05) is 24.3 Å². The van der Waals surface area contributed by atoms with E-state index in [4.69, 9.17) is 0 Å². The molecule has 3 N–H and O–H groups in total. The quantitative estimate of drug-likeness (QED) is 0.586. The maximum atomic E-state index is 12.9. The number of nitrogens with zero attached hydrogens (tertiary/aromatic N) is 2. The van der Waals surface area contributed by atoms with Crippen molar-refractivity contribution in [3.05, 3.63) is 59.4 Å². The smallest absolute Gasteiger partial charge is 0.271 e. The van der Waals surface area contributed by atoms with E-state index in [-0.39, 0.29) is 17.5 Å². The highest BCUT2D eigenvalue weighted by Gasteiger charge is 2.41. The number of H-pyrrole nitrogens is 2. The number of nitrogens with one attached hydrogen (secondary N) is 3. The van der Waals surface area contributed by atoms with Crippen LogP contribution in [0.15, 0.2) is 42.5 Å². The van der Waals surface area contributed by atoms with Crippen LogP contribution < -0.4 is 5.32 Å². The van der Waals surface area contributed by atoms with Gasteiger partial charge in [0.05, 0.1) is 24.8 Å². The number of para-hydroxylation sites is 1. The topological polar surface area (TPSA) is 93.9 Å². The summed E-state index contributed by atoms with van der Waals surface area (Å²) in [5.41, 5.74) is 4.10. The number of fused-ring (bicyclic) bond motifs is 4. The molecule has 2 aliphatic heterocycles. The molecule has 1 saturated heterocycles. The molecule has 1 fully saturated rings. The summed E-state index contributed by atoms with van der Waals surface area (Å²) in [5, 5.41) is 3.87. The van der Waals surface area contributed by atoms with Crippen LogP contribution in [0.4, 0.5) is 0 Å². The van der Waals surface area contributed by atoms with Crippen molar-refractivity contribution in [1.29, 1.82) is 0 Å². The zero-order chi connectivity index (χ0) is 17.0. The minimum atomic E-state index is -0.474. The summed E-state index contributed by atoms with van der Waals surface area (Å²) in [6.07, 6.45) is 5.27. The fourth-order valence-corrected chi connectivity index (χ4v) is 3.68. The minimum Gasteiger partial charge on any atom is -0.357 e. The Hall–Kier alpha value is -3.35. The maximum Gasteiger partial charge on any atom is 0.271 e. The average molecular weight is 333 g/mol. The van der Waals surface area contributed by atoms with Crippen LogP contribution in [-0.2, 0) is 22.6 Å². The molecule has 0 radical (unpaired) electrons. The summed E-state index contributed by atoms with van der Waals surface area (Å²) in [7, 11) is 0. The van der Waals surface area contributed by atoms with Gasteiger partial charge in [-0.05, 0) is 17.7 Å². The first kappa shape index (κ1) is 14.0. The number of carbonyl (C=O) groups is 2. The van der Waals surface area contributed by atoms with Gasteiger partial charge in [0.25, 0.3) is 5.91 Å². The van der Waals surface area contributed by atoms with Gasteiger partial charge in [0.2, 0.25) is 5.91 Å². The molecule has 0 aliphatic carbocycles. The second-order valence-corrected chi connectivity index (χ2v) is 6.33. The summed E-state index contributed by atoms with van der Waals surface area (Å²) >= 11 is 0. The highest BCUT2D eigenvalue weighted by Crippen LogP contribution is 2.32. The molecule has 3 aromatic rings. The molecule has 0 saturated carbocycles. The van der Waals surface area contributed by atoms with Crippen LogP contribution in [-0.4, -0.2) is 37.7 Å². The van der Waals surface area contributed by atoms with Crippen LogP contribution in [0.1, 0.15) is 17.0 Å². The predicted octanol–water partition coefficient (Wildman–Crippen LogP) is 1.32. The van der Waals surface area contributed by atoms with Gasteiger partial charge in [0.15, 0.2) is 0 Å². The van der Waals surface area contributed by atoms with E-state index in [0.717, 1.165) is 22.2 Å². The highest BCUT2D eigenvalue weighted by atomic mass is 16.2. The van der Waals surface area contributed by atoms with Crippen LogP contribution in [0.3, 0.4) is 0 Å². The first-order valence-electron chi connectivity index (χ1n) is 8.11. The lowest BCUT2D eigenvalue weighted by atomic mass is 9.94. The van der Waals surface area contributed by atoms with E-state index in [1.54, 1.807) is 17.2 Å². The molecule has 7 heteroatoms. The summed E-state index contributed by atoms with van der Waals surface area (Å²) in [6, 6.07) is 7.55. The first-order chi connectivity index (χ1) is 12.2. The second kappa shape index (κ2) is 5.07. The van der Waals surface area contributed by atoms with Crippen molar-refractivity contribution >= 4 is 28.8 Å². The molecule has 2 aromatic heterocycles. The molecule has 0 bridgehead atoms. The summed E-state index contributed by atoms with van der Waals surface area (Å²) in [5.74, 6) is -0.329. The molecule has 0 unspecified atom stereocenters. The normalized spacial score (nSPS) is 21.4. The van der Waals surface area contributed by atoms with Crippen LogP contribution >= 0.6 is 0 Å². The molecule has 0 spiro atoms. The number of aromatic nitrogens is 3. The molecule has 1 aromatic carbocycles. The molecule has 5 rings (SSSR count). The Bertz CT molecular complexity index is 1030. The van der Waals surface area contributed by atoms with Gasteiger partial charge < -0.3 is 20.2 Å². The third kappa shape index (κ3) is 2.09. The Morgan fingerprint density at radius 1 is 1.24 bits per heavy atom. The van der Waals surface area contributed by atoms with Gasteiger partial charge in [-0.3, -0.25) is 9.59 Å². The summed E-state index contributed by atoms with van der Waals surface area (Å²) < 4.78 is 0. The Balaban J connectivity index is 1.55. The van der Waals surface area contributed by atoms with Crippen molar-refractivity contribution in [3.63, 3.8) is 0 Å². The van der Waals surface area contributed by atoms with E-state index >= 15 is 0 Å². The summed E-state index contributed by atoms with van der Waals surface area (Å²) in [6.45, 7) is 0.404. The third-order valence-electron chi connectivity index (χ3n) is 4.88. The molecular weight excluding hydrogens is 318 g/mol. The lowest BCUT2D eigenvalue weighted by Gasteiger charge is -2.39. The number of rotatable bonds is 1. The predicted molar refractivity (Wildman–Crippen MR) is 91.0 cm³/mol. The number of aromatic amines is 2. The van der Waals surface area contributed by atoms with Gasteiger partial charge in [0.1, 0.15) is 11.7 Å². The van der Waals surface area contributed by atoms with Gasteiger partial charge in [0, 0.05) is 23.0 Å². The molecule has 4 heterocycles. The number of hydrogen-bond acceptors (Lipinski definition) is 3. The van der Waals surface area contributed by atoms with Crippen LogP contribution in [0.5, 0.6) is 0 Å². The molecule has 7 nitrogen and oxygen atoms in total. The van der Waals surface area contributed by atoms with Crippen molar-refractivity contribution in [2.75, 3.05) is 0 Å². The van der Waals surface area contributed by atoms with Gasteiger partial charge in [-0.15, -0.1) is 0 Å². The lowest BCUT2D eigenvalue weighted by molar-refractivity contribution is -0.143. The van der Waals surface area contributed by atoms with Gasteiger partial charge >= 0.3 is 0 Å². The Labute approximate surface area is 142 Å². The standard InChI is InChI=1S/C18H15N5O2/c24-17-16-6-12-11-3-1-2-4-13(11)21-15(12)8-23(16)18(25)14(22-17)5-10-7-19-9-20-10/h1-5,7,9,16,21H,6,8H2,(H,19,20)(H,22,24)/b14-5+/t16-/m0/s1. The van der Waals surface area contributed by atoms with E-state index in [0.29, 0.717) is 18.7 Å². The fraction of sp³-hybridized carbons (Fsp3) is 0.167. The summed E-state index contributed by atoms with van der Waals surface area (Å²) in [4.78, 5) is 37.3. The van der Waals surface area contributed by atoms with E-state index in [1.165, 1.54) is 6.33 Å². The Morgan fingerprint density at radius 3 is 2.96 bits per heavy atom. The van der Waals surface area contributed by atoms with Gasteiger partial charge in [-0.1, -0.05) is 18.2 Å². The number of benzene rings is 1.